The number of hydrogen-bond acceptors (Lipinski definition) is 3. The number of rotatable bonds is 2. The van der Waals surface area contributed by atoms with Crippen LogP contribution < -0.4 is 0 Å². The Kier molecular flexibility index (Phi) is 3.24. The van der Waals surface area contributed by atoms with E-state index >= 15 is 0 Å². The molecule has 2 rings (SSSR count). The molecule has 3 unspecified atom stereocenters. The summed E-state index contributed by atoms with van der Waals surface area (Å²) in [6.45, 7) is 5.20. The number of carbonyl (C=O) groups excluding carboxylic acids is 1. The van der Waals surface area contributed by atoms with E-state index in [4.69, 9.17) is 9.47 Å². The topological polar surface area (TPSA) is 35.5 Å². The van der Waals surface area contributed by atoms with Crippen molar-refractivity contribution in [2.45, 2.75) is 45.6 Å². The molecule has 2 fully saturated rings. The third-order valence-electron chi connectivity index (χ3n) is 4.44. The molecule has 92 valence electrons. The zero-order valence-corrected chi connectivity index (χ0v) is 10.5. The summed E-state index contributed by atoms with van der Waals surface area (Å²) in [6, 6.07) is 0. The third kappa shape index (κ3) is 1.75. The number of hydrogen-bond donors (Lipinski definition) is 0. The molecule has 3 nitrogen and oxygen atoms in total. The Bertz CT molecular complexity index is 274. The van der Waals surface area contributed by atoms with Crippen molar-refractivity contribution in [2.24, 2.45) is 17.3 Å². The minimum atomic E-state index is -0.331. The summed E-state index contributed by atoms with van der Waals surface area (Å²) in [4.78, 5) is 12.0. The lowest BCUT2D eigenvalue weighted by Gasteiger charge is -2.40. The molecule has 1 saturated heterocycles. The van der Waals surface area contributed by atoms with E-state index in [9.17, 15) is 4.79 Å². The van der Waals surface area contributed by atoms with E-state index in [0.29, 0.717) is 18.4 Å². The van der Waals surface area contributed by atoms with Gasteiger partial charge in [0.15, 0.2) is 0 Å². The van der Waals surface area contributed by atoms with E-state index in [-0.39, 0.29) is 17.5 Å². The van der Waals surface area contributed by atoms with Gasteiger partial charge in [-0.1, -0.05) is 13.8 Å². The molecule has 3 heteroatoms. The lowest BCUT2D eigenvalue weighted by atomic mass is 9.64. The number of esters is 1. The highest BCUT2D eigenvalue weighted by atomic mass is 16.5. The number of fused-ring (bicyclic) bond motifs is 1. The van der Waals surface area contributed by atoms with Gasteiger partial charge in [0, 0.05) is 6.61 Å². The first-order chi connectivity index (χ1) is 7.60. The van der Waals surface area contributed by atoms with Crippen LogP contribution in [0.25, 0.3) is 0 Å². The molecule has 0 bridgehead atoms. The van der Waals surface area contributed by atoms with Gasteiger partial charge in [0.25, 0.3) is 0 Å². The Hall–Kier alpha value is -0.570. The zero-order chi connectivity index (χ0) is 11.8. The second-order valence-electron chi connectivity index (χ2n) is 5.54. The van der Waals surface area contributed by atoms with E-state index in [1.807, 2.05) is 0 Å². The van der Waals surface area contributed by atoms with Gasteiger partial charge < -0.3 is 9.47 Å². The van der Waals surface area contributed by atoms with Gasteiger partial charge in [-0.05, 0) is 37.5 Å². The van der Waals surface area contributed by atoms with Crippen LogP contribution >= 0.6 is 0 Å². The van der Waals surface area contributed by atoms with Crippen molar-refractivity contribution in [2.75, 3.05) is 13.7 Å². The quantitative estimate of drug-likeness (QED) is 0.678. The Balaban J connectivity index is 2.19. The van der Waals surface area contributed by atoms with Crippen molar-refractivity contribution < 1.29 is 14.3 Å². The molecule has 1 saturated carbocycles. The van der Waals surface area contributed by atoms with Crippen LogP contribution in [0.15, 0.2) is 0 Å². The van der Waals surface area contributed by atoms with Gasteiger partial charge in [-0.3, -0.25) is 4.79 Å². The first kappa shape index (κ1) is 11.9. The van der Waals surface area contributed by atoms with Crippen LogP contribution in [0.3, 0.4) is 0 Å². The van der Waals surface area contributed by atoms with Crippen molar-refractivity contribution in [1.82, 2.24) is 0 Å². The summed E-state index contributed by atoms with van der Waals surface area (Å²) in [5.74, 6) is 1.22. The van der Waals surface area contributed by atoms with Crippen LogP contribution in [0.5, 0.6) is 0 Å². The van der Waals surface area contributed by atoms with Crippen LogP contribution in [-0.2, 0) is 14.3 Å². The molecule has 0 aromatic rings. The summed E-state index contributed by atoms with van der Waals surface area (Å²) in [6.07, 6.45) is 4.09. The van der Waals surface area contributed by atoms with Crippen molar-refractivity contribution >= 4 is 5.97 Å². The van der Waals surface area contributed by atoms with Gasteiger partial charge in [-0.15, -0.1) is 0 Å². The van der Waals surface area contributed by atoms with Crippen molar-refractivity contribution in [3.05, 3.63) is 0 Å². The standard InChI is InChI=1S/C13H22O3/c1-9(2)10-4-5-11-13(8-10,6-7-16-11)12(14)15-3/h9-11H,4-8H2,1-3H3. The summed E-state index contributed by atoms with van der Waals surface area (Å²) >= 11 is 0. The van der Waals surface area contributed by atoms with Gasteiger partial charge in [0.2, 0.25) is 0 Å². The van der Waals surface area contributed by atoms with E-state index in [1.54, 1.807) is 0 Å². The molecule has 2 aliphatic rings. The van der Waals surface area contributed by atoms with E-state index in [2.05, 4.69) is 13.8 Å². The summed E-state index contributed by atoms with van der Waals surface area (Å²) in [5.41, 5.74) is -0.331. The Morgan fingerprint density at radius 2 is 2.19 bits per heavy atom. The largest absolute Gasteiger partial charge is 0.469 e. The molecule has 1 heterocycles. The van der Waals surface area contributed by atoms with Gasteiger partial charge >= 0.3 is 5.97 Å². The van der Waals surface area contributed by atoms with Crippen LogP contribution in [0, 0.1) is 17.3 Å². The predicted molar refractivity (Wildman–Crippen MR) is 61.0 cm³/mol. The SMILES string of the molecule is COC(=O)C12CCOC1CCC(C(C)C)C2. The fraction of sp³-hybridized carbons (Fsp3) is 0.923. The zero-order valence-electron chi connectivity index (χ0n) is 10.5. The van der Waals surface area contributed by atoms with Gasteiger partial charge in [0.05, 0.1) is 18.6 Å². The van der Waals surface area contributed by atoms with Crippen molar-refractivity contribution in [1.29, 1.82) is 0 Å². The highest BCUT2D eigenvalue weighted by Crippen LogP contribution is 2.50. The van der Waals surface area contributed by atoms with E-state index in [0.717, 1.165) is 19.3 Å². The molecule has 0 spiro atoms. The first-order valence-corrected chi connectivity index (χ1v) is 6.30. The van der Waals surface area contributed by atoms with Gasteiger partial charge in [-0.25, -0.2) is 0 Å². The lowest BCUT2D eigenvalue weighted by Crippen LogP contribution is -2.45. The average molecular weight is 226 g/mol. The monoisotopic (exact) mass is 226 g/mol. The second-order valence-corrected chi connectivity index (χ2v) is 5.54. The molecule has 0 aromatic heterocycles. The molecule has 0 amide bonds. The maximum atomic E-state index is 12.0. The fourth-order valence-electron chi connectivity index (χ4n) is 3.32. The minimum Gasteiger partial charge on any atom is -0.469 e. The Morgan fingerprint density at radius 3 is 2.81 bits per heavy atom. The Morgan fingerprint density at radius 1 is 1.44 bits per heavy atom. The maximum Gasteiger partial charge on any atom is 0.314 e. The van der Waals surface area contributed by atoms with Crippen molar-refractivity contribution in [3.63, 3.8) is 0 Å². The maximum absolute atomic E-state index is 12.0. The first-order valence-electron chi connectivity index (χ1n) is 6.30. The van der Waals surface area contributed by atoms with Gasteiger partial charge in [-0.2, -0.15) is 0 Å². The molecule has 0 aromatic carbocycles. The molecule has 0 radical (unpaired) electrons. The van der Waals surface area contributed by atoms with Crippen molar-refractivity contribution in [3.8, 4) is 0 Å². The third-order valence-corrected chi connectivity index (χ3v) is 4.44. The minimum absolute atomic E-state index is 0.0552. The van der Waals surface area contributed by atoms with E-state index in [1.165, 1.54) is 13.5 Å². The molecule has 1 aliphatic heterocycles. The highest BCUT2D eigenvalue weighted by Gasteiger charge is 2.54. The summed E-state index contributed by atoms with van der Waals surface area (Å²) in [5, 5.41) is 0. The normalized spacial score (nSPS) is 38.5. The molecule has 3 atom stereocenters. The average Bonchev–Trinajstić information content (AvgIpc) is 2.71. The number of methoxy groups -OCH3 is 1. The highest BCUT2D eigenvalue weighted by molar-refractivity contribution is 5.78. The van der Waals surface area contributed by atoms with Gasteiger partial charge in [0.1, 0.15) is 0 Å². The number of carbonyl (C=O) groups is 1. The predicted octanol–water partition coefficient (Wildman–Crippen LogP) is 2.39. The summed E-state index contributed by atoms with van der Waals surface area (Å²) < 4.78 is 10.7. The van der Waals surface area contributed by atoms with Crippen LogP contribution in [0.1, 0.15) is 39.5 Å². The number of ether oxygens (including phenoxy) is 2. The molecule has 1 aliphatic carbocycles. The van der Waals surface area contributed by atoms with Crippen LogP contribution in [0.4, 0.5) is 0 Å². The summed E-state index contributed by atoms with van der Waals surface area (Å²) in [7, 11) is 1.49. The molecule has 0 N–H and O–H groups in total. The Labute approximate surface area is 97.5 Å². The molecular formula is C13H22O3. The fourth-order valence-corrected chi connectivity index (χ4v) is 3.32. The van der Waals surface area contributed by atoms with Crippen LogP contribution in [0.2, 0.25) is 0 Å². The van der Waals surface area contributed by atoms with Crippen LogP contribution in [-0.4, -0.2) is 25.8 Å². The lowest BCUT2D eigenvalue weighted by molar-refractivity contribution is -0.161. The smallest absolute Gasteiger partial charge is 0.314 e. The molecule has 16 heavy (non-hydrogen) atoms. The molecular weight excluding hydrogens is 204 g/mol. The second kappa shape index (κ2) is 4.36. The van der Waals surface area contributed by atoms with E-state index < -0.39 is 0 Å².